The van der Waals surface area contributed by atoms with E-state index in [-0.39, 0.29) is 11.8 Å². The minimum atomic E-state index is -0.666. The molecule has 1 aliphatic heterocycles. The first kappa shape index (κ1) is 21.2. The number of nitrogens with one attached hydrogen (secondary N) is 1. The number of allylic oxidation sites excluding steroid dienone is 2. The maximum absolute atomic E-state index is 13.1. The van der Waals surface area contributed by atoms with Gasteiger partial charge < -0.3 is 15.3 Å². The molecule has 1 aromatic carbocycles. The predicted molar refractivity (Wildman–Crippen MR) is 121 cm³/mol. The van der Waals surface area contributed by atoms with Gasteiger partial charge in [0.25, 0.3) is 0 Å². The molecule has 30 heavy (non-hydrogen) atoms. The van der Waals surface area contributed by atoms with E-state index in [2.05, 4.69) is 35.7 Å². The average molecular weight is 409 g/mol. The third kappa shape index (κ3) is 3.71. The maximum Gasteiger partial charge on any atom is 0.232 e. The van der Waals surface area contributed by atoms with E-state index < -0.39 is 5.41 Å². The summed E-state index contributed by atoms with van der Waals surface area (Å²) in [5.41, 5.74) is 3.44. The highest BCUT2D eigenvalue weighted by Gasteiger charge is 2.43. The molecule has 2 aliphatic carbocycles. The van der Waals surface area contributed by atoms with Crippen LogP contribution in [-0.4, -0.2) is 42.1 Å². The van der Waals surface area contributed by atoms with Gasteiger partial charge in [-0.05, 0) is 94.2 Å². The molecule has 4 heteroatoms. The van der Waals surface area contributed by atoms with Gasteiger partial charge in [0.1, 0.15) is 5.76 Å². The number of hydrogen-bond donors (Lipinski definition) is 2. The molecular weight excluding hydrogens is 372 g/mol. The van der Waals surface area contributed by atoms with Crippen molar-refractivity contribution in [2.24, 2.45) is 10.8 Å². The highest BCUT2D eigenvalue weighted by molar-refractivity contribution is 5.85. The van der Waals surface area contributed by atoms with Gasteiger partial charge in [0.15, 0.2) is 0 Å². The standard InChI is InChI=1S/C26H36N2O2/c1-4-28(5-2)24(30)25(3)11-10-21(23(29)18-25)22-17-26(12-14-27-15-13-26)16-19-8-6-7-9-20(19)22/h6-10,18,22,27,29H,4-5,11-17H2,1-3H3. The van der Waals surface area contributed by atoms with Crippen molar-refractivity contribution in [3.05, 3.63) is 58.9 Å². The van der Waals surface area contributed by atoms with Crippen molar-refractivity contribution in [3.63, 3.8) is 0 Å². The highest BCUT2D eigenvalue weighted by atomic mass is 16.3. The summed E-state index contributed by atoms with van der Waals surface area (Å²) in [4.78, 5) is 14.9. The number of aliphatic hydroxyl groups excluding tert-OH is 1. The molecule has 4 nitrogen and oxygen atoms in total. The smallest absolute Gasteiger partial charge is 0.232 e. The van der Waals surface area contributed by atoms with Crippen molar-refractivity contribution in [3.8, 4) is 0 Å². The number of carbonyl (C=O) groups excluding carboxylic acids is 1. The van der Waals surface area contributed by atoms with Gasteiger partial charge in [-0.2, -0.15) is 0 Å². The first-order chi connectivity index (χ1) is 14.4. The molecule has 1 heterocycles. The van der Waals surface area contributed by atoms with Gasteiger partial charge in [-0.3, -0.25) is 4.79 Å². The van der Waals surface area contributed by atoms with Crippen LogP contribution in [0.25, 0.3) is 0 Å². The molecule has 1 saturated heterocycles. The summed E-state index contributed by atoms with van der Waals surface area (Å²) in [5.74, 6) is 0.612. The lowest BCUT2D eigenvalue weighted by Gasteiger charge is -2.46. The van der Waals surface area contributed by atoms with Gasteiger partial charge >= 0.3 is 0 Å². The second-order valence-corrected chi connectivity index (χ2v) is 9.67. The third-order valence-electron chi connectivity index (χ3n) is 7.71. The number of rotatable bonds is 4. The second kappa shape index (κ2) is 8.22. The minimum Gasteiger partial charge on any atom is -0.508 e. The molecule has 2 unspecified atom stereocenters. The first-order valence-electron chi connectivity index (χ1n) is 11.6. The van der Waals surface area contributed by atoms with Gasteiger partial charge in [0.05, 0.1) is 5.41 Å². The molecule has 0 saturated carbocycles. The number of piperidine rings is 1. The number of carbonyl (C=O) groups is 1. The number of benzene rings is 1. The molecule has 1 spiro atoms. The number of hydrogen-bond acceptors (Lipinski definition) is 3. The Morgan fingerprint density at radius 3 is 2.57 bits per heavy atom. The SMILES string of the molecule is CCN(CC)C(=O)C1(C)C=C(O)C(C2CC3(CCNCC3)Cc3ccccc32)=CC1. The maximum atomic E-state index is 13.1. The number of amides is 1. The Kier molecular flexibility index (Phi) is 5.80. The van der Waals surface area contributed by atoms with Crippen molar-refractivity contribution in [1.82, 2.24) is 10.2 Å². The van der Waals surface area contributed by atoms with Crippen LogP contribution in [0.5, 0.6) is 0 Å². The summed E-state index contributed by atoms with van der Waals surface area (Å²) < 4.78 is 0. The molecule has 2 N–H and O–H groups in total. The zero-order chi connectivity index (χ0) is 21.4. The van der Waals surface area contributed by atoms with Crippen LogP contribution in [0.15, 0.2) is 47.7 Å². The molecule has 162 valence electrons. The van der Waals surface area contributed by atoms with E-state index in [0.717, 1.165) is 31.5 Å². The quantitative estimate of drug-likeness (QED) is 0.757. The van der Waals surface area contributed by atoms with E-state index in [9.17, 15) is 9.90 Å². The zero-order valence-corrected chi connectivity index (χ0v) is 18.7. The Morgan fingerprint density at radius 1 is 1.20 bits per heavy atom. The molecular formula is C26H36N2O2. The Labute approximate surface area is 181 Å². The molecule has 2 atom stereocenters. The van der Waals surface area contributed by atoms with Crippen LogP contribution in [-0.2, 0) is 11.2 Å². The number of nitrogens with zero attached hydrogens (tertiary/aromatic N) is 1. The fourth-order valence-corrected chi connectivity index (χ4v) is 5.88. The first-order valence-corrected chi connectivity index (χ1v) is 11.6. The van der Waals surface area contributed by atoms with Crippen molar-refractivity contribution < 1.29 is 9.90 Å². The molecule has 1 aromatic rings. The van der Waals surface area contributed by atoms with E-state index in [1.165, 1.54) is 24.0 Å². The summed E-state index contributed by atoms with van der Waals surface area (Å²) in [7, 11) is 0. The van der Waals surface area contributed by atoms with E-state index in [1.807, 2.05) is 31.7 Å². The Hall–Kier alpha value is -2.07. The Balaban J connectivity index is 1.66. The summed E-state index contributed by atoms with van der Waals surface area (Å²) in [6.45, 7) is 9.52. The second-order valence-electron chi connectivity index (χ2n) is 9.67. The molecule has 3 aliphatic rings. The van der Waals surface area contributed by atoms with Gasteiger partial charge in [-0.1, -0.05) is 30.3 Å². The zero-order valence-electron chi connectivity index (χ0n) is 18.7. The monoisotopic (exact) mass is 408 g/mol. The topological polar surface area (TPSA) is 52.6 Å². The summed E-state index contributed by atoms with van der Waals surface area (Å²) >= 11 is 0. The molecule has 0 aromatic heterocycles. The summed E-state index contributed by atoms with van der Waals surface area (Å²) in [6, 6.07) is 8.76. The van der Waals surface area contributed by atoms with Crippen LogP contribution in [0, 0.1) is 10.8 Å². The number of fused-ring (bicyclic) bond motifs is 1. The van der Waals surface area contributed by atoms with Crippen LogP contribution in [0.2, 0.25) is 0 Å². The lowest BCUT2D eigenvalue weighted by atomic mass is 9.60. The van der Waals surface area contributed by atoms with Crippen LogP contribution in [0.3, 0.4) is 0 Å². The van der Waals surface area contributed by atoms with Crippen LogP contribution < -0.4 is 5.32 Å². The fourth-order valence-electron chi connectivity index (χ4n) is 5.88. The van der Waals surface area contributed by atoms with Crippen LogP contribution in [0.4, 0.5) is 0 Å². The van der Waals surface area contributed by atoms with Crippen molar-refractivity contribution >= 4 is 5.91 Å². The Morgan fingerprint density at radius 2 is 1.90 bits per heavy atom. The van der Waals surface area contributed by atoms with Gasteiger partial charge in [0, 0.05) is 19.0 Å². The van der Waals surface area contributed by atoms with Crippen LogP contribution in [0.1, 0.15) is 63.5 Å². The average Bonchev–Trinajstić information content (AvgIpc) is 2.75. The van der Waals surface area contributed by atoms with Crippen molar-refractivity contribution in [2.75, 3.05) is 26.2 Å². The molecule has 4 rings (SSSR count). The van der Waals surface area contributed by atoms with Crippen molar-refractivity contribution in [1.29, 1.82) is 0 Å². The lowest BCUT2D eigenvalue weighted by molar-refractivity contribution is -0.138. The highest BCUT2D eigenvalue weighted by Crippen LogP contribution is 2.52. The van der Waals surface area contributed by atoms with Gasteiger partial charge in [-0.25, -0.2) is 0 Å². The normalized spacial score (nSPS) is 27.8. The van der Waals surface area contributed by atoms with E-state index in [1.54, 1.807) is 0 Å². The largest absolute Gasteiger partial charge is 0.508 e. The minimum absolute atomic E-state index is 0.105. The molecule has 0 bridgehead atoms. The number of aliphatic hydroxyl groups is 1. The summed E-state index contributed by atoms with van der Waals surface area (Å²) in [6.07, 6.45) is 9.22. The Bertz CT molecular complexity index is 862. The van der Waals surface area contributed by atoms with Gasteiger partial charge in [0.2, 0.25) is 5.91 Å². The third-order valence-corrected chi connectivity index (χ3v) is 7.71. The van der Waals surface area contributed by atoms with E-state index in [4.69, 9.17) is 0 Å². The molecule has 0 radical (unpaired) electrons. The lowest BCUT2D eigenvalue weighted by Crippen LogP contribution is -2.43. The van der Waals surface area contributed by atoms with Crippen LogP contribution >= 0.6 is 0 Å². The van der Waals surface area contributed by atoms with Gasteiger partial charge in [-0.15, -0.1) is 0 Å². The summed E-state index contributed by atoms with van der Waals surface area (Å²) in [5, 5.41) is 14.7. The molecule has 1 fully saturated rings. The predicted octanol–water partition coefficient (Wildman–Crippen LogP) is 4.73. The van der Waals surface area contributed by atoms with Crippen molar-refractivity contribution in [2.45, 2.75) is 58.8 Å². The van der Waals surface area contributed by atoms with E-state index >= 15 is 0 Å². The van der Waals surface area contributed by atoms with E-state index in [0.29, 0.717) is 30.7 Å². The molecule has 1 amide bonds. The fraction of sp³-hybridized carbons (Fsp3) is 0.577.